The molecule has 5 nitrogen and oxygen atoms in total. The maximum Gasteiger partial charge on any atom is 0.220 e. The van der Waals surface area contributed by atoms with Gasteiger partial charge in [-0.1, -0.05) is 0 Å². The standard InChI is InChI=1S/C14H18N4OS/c1-9-7-20-13-12(9)16-8-17-14(13)15-6-2-3-11(19)18-10-4-5-10/h7-8,10H,2-6H2,1H3,(H,18,19)(H,15,16,17). The van der Waals surface area contributed by atoms with Gasteiger partial charge in [-0.3, -0.25) is 4.79 Å². The molecule has 0 unspecified atom stereocenters. The Labute approximate surface area is 121 Å². The van der Waals surface area contributed by atoms with E-state index >= 15 is 0 Å². The second-order valence-electron chi connectivity index (χ2n) is 5.19. The highest BCUT2D eigenvalue weighted by atomic mass is 32.1. The zero-order chi connectivity index (χ0) is 13.9. The quantitative estimate of drug-likeness (QED) is 0.802. The van der Waals surface area contributed by atoms with Gasteiger partial charge in [-0.15, -0.1) is 11.3 Å². The third kappa shape index (κ3) is 3.07. The molecular weight excluding hydrogens is 272 g/mol. The molecule has 20 heavy (non-hydrogen) atoms. The van der Waals surface area contributed by atoms with Gasteiger partial charge in [-0.05, 0) is 37.1 Å². The second-order valence-corrected chi connectivity index (χ2v) is 6.07. The van der Waals surface area contributed by atoms with Crippen LogP contribution in [-0.2, 0) is 4.79 Å². The number of hydrogen-bond donors (Lipinski definition) is 2. The first kappa shape index (κ1) is 13.3. The number of rotatable bonds is 6. The highest BCUT2D eigenvalue weighted by Gasteiger charge is 2.22. The second kappa shape index (κ2) is 5.75. The molecule has 0 bridgehead atoms. The van der Waals surface area contributed by atoms with Crippen LogP contribution in [0.1, 0.15) is 31.2 Å². The molecule has 2 heterocycles. The van der Waals surface area contributed by atoms with Crippen molar-refractivity contribution in [3.8, 4) is 0 Å². The summed E-state index contributed by atoms with van der Waals surface area (Å²) in [5.41, 5.74) is 2.19. The Kier molecular flexibility index (Phi) is 3.82. The molecule has 6 heteroatoms. The molecule has 0 atom stereocenters. The van der Waals surface area contributed by atoms with E-state index in [1.54, 1.807) is 17.7 Å². The Morgan fingerprint density at radius 3 is 3.10 bits per heavy atom. The molecule has 1 fully saturated rings. The number of anilines is 1. The van der Waals surface area contributed by atoms with Crippen molar-refractivity contribution in [2.75, 3.05) is 11.9 Å². The third-order valence-corrected chi connectivity index (χ3v) is 4.44. The van der Waals surface area contributed by atoms with Crippen molar-refractivity contribution in [1.29, 1.82) is 0 Å². The molecule has 106 valence electrons. The monoisotopic (exact) mass is 290 g/mol. The molecule has 1 aliphatic carbocycles. The van der Waals surface area contributed by atoms with Crippen LogP contribution in [0.3, 0.4) is 0 Å². The third-order valence-electron chi connectivity index (χ3n) is 3.35. The van der Waals surface area contributed by atoms with Crippen molar-refractivity contribution in [2.24, 2.45) is 0 Å². The van der Waals surface area contributed by atoms with Gasteiger partial charge in [0.2, 0.25) is 5.91 Å². The SMILES string of the molecule is Cc1csc2c(NCCCC(=O)NC3CC3)ncnc12. The summed E-state index contributed by atoms with van der Waals surface area (Å²) in [6.45, 7) is 2.80. The zero-order valence-electron chi connectivity index (χ0n) is 11.5. The van der Waals surface area contributed by atoms with Crippen LogP contribution in [0.4, 0.5) is 5.82 Å². The topological polar surface area (TPSA) is 66.9 Å². The van der Waals surface area contributed by atoms with Crippen molar-refractivity contribution in [3.63, 3.8) is 0 Å². The first-order chi connectivity index (χ1) is 9.74. The molecular formula is C14H18N4OS. The van der Waals surface area contributed by atoms with E-state index in [0.717, 1.165) is 41.8 Å². The zero-order valence-corrected chi connectivity index (χ0v) is 12.3. The lowest BCUT2D eigenvalue weighted by molar-refractivity contribution is -0.121. The van der Waals surface area contributed by atoms with Gasteiger partial charge in [0.1, 0.15) is 12.1 Å². The smallest absolute Gasteiger partial charge is 0.220 e. The van der Waals surface area contributed by atoms with Crippen LogP contribution < -0.4 is 10.6 Å². The molecule has 2 aromatic heterocycles. The summed E-state index contributed by atoms with van der Waals surface area (Å²) >= 11 is 1.65. The Morgan fingerprint density at radius 2 is 2.30 bits per heavy atom. The summed E-state index contributed by atoms with van der Waals surface area (Å²) in [5, 5.41) is 8.39. The number of carbonyl (C=O) groups excluding carboxylic acids is 1. The van der Waals surface area contributed by atoms with Gasteiger partial charge in [-0.2, -0.15) is 0 Å². The molecule has 2 aromatic rings. The Hall–Kier alpha value is -1.69. The highest BCUT2D eigenvalue weighted by molar-refractivity contribution is 7.18. The Morgan fingerprint density at radius 1 is 1.45 bits per heavy atom. The van der Waals surface area contributed by atoms with Gasteiger partial charge in [0.25, 0.3) is 0 Å². The van der Waals surface area contributed by atoms with E-state index in [4.69, 9.17) is 0 Å². The lowest BCUT2D eigenvalue weighted by Gasteiger charge is -2.06. The van der Waals surface area contributed by atoms with Crippen LogP contribution in [0.15, 0.2) is 11.7 Å². The minimum Gasteiger partial charge on any atom is -0.369 e. The molecule has 0 saturated heterocycles. The number of aromatic nitrogens is 2. The average Bonchev–Trinajstić information content (AvgIpc) is 3.17. The minimum atomic E-state index is 0.161. The van der Waals surface area contributed by atoms with Crippen LogP contribution in [0, 0.1) is 6.92 Å². The molecule has 1 saturated carbocycles. The van der Waals surface area contributed by atoms with Gasteiger partial charge >= 0.3 is 0 Å². The van der Waals surface area contributed by atoms with Crippen molar-refractivity contribution in [3.05, 3.63) is 17.3 Å². The number of aryl methyl sites for hydroxylation is 1. The number of carbonyl (C=O) groups is 1. The number of nitrogens with one attached hydrogen (secondary N) is 2. The number of nitrogens with zero attached hydrogens (tertiary/aromatic N) is 2. The van der Waals surface area contributed by atoms with Crippen molar-refractivity contribution in [1.82, 2.24) is 15.3 Å². The van der Waals surface area contributed by atoms with Gasteiger partial charge in [0.05, 0.1) is 10.2 Å². The maximum atomic E-state index is 11.6. The van der Waals surface area contributed by atoms with Crippen molar-refractivity contribution < 1.29 is 4.79 Å². The predicted octanol–water partition coefficient (Wildman–Crippen LogP) is 2.47. The summed E-state index contributed by atoms with van der Waals surface area (Å²) in [6.07, 6.45) is 5.25. The summed E-state index contributed by atoms with van der Waals surface area (Å²) in [5.74, 6) is 1.03. The van der Waals surface area contributed by atoms with Crippen LogP contribution >= 0.6 is 11.3 Å². The normalized spacial score (nSPS) is 14.4. The number of thiophene rings is 1. The molecule has 0 aromatic carbocycles. The van der Waals surface area contributed by atoms with Gasteiger partial charge in [-0.25, -0.2) is 9.97 Å². The van der Waals surface area contributed by atoms with Gasteiger partial charge in [0, 0.05) is 19.0 Å². The van der Waals surface area contributed by atoms with Crippen molar-refractivity contribution >= 4 is 33.3 Å². The largest absolute Gasteiger partial charge is 0.369 e. The summed E-state index contributed by atoms with van der Waals surface area (Å²) in [6, 6.07) is 0.450. The molecule has 2 N–H and O–H groups in total. The fraction of sp³-hybridized carbons (Fsp3) is 0.500. The molecule has 0 spiro atoms. The van der Waals surface area contributed by atoms with E-state index in [9.17, 15) is 4.79 Å². The van der Waals surface area contributed by atoms with E-state index in [1.807, 2.05) is 0 Å². The first-order valence-electron chi connectivity index (χ1n) is 6.96. The predicted molar refractivity (Wildman–Crippen MR) is 81.0 cm³/mol. The molecule has 1 amide bonds. The van der Waals surface area contributed by atoms with Crippen LogP contribution in [0.2, 0.25) is 0 Å². The van der Waals surface area contributed by atoms with Crippen LogP contribution in [-0.4, -0.2) is 28.5 Å². The fourth-order valence-electron chi connectivity index (χ4n) is 2.08. The minimum absolute atomic E-state index is 0.161. The summed E-state index contributed by atoms with van der Waals surface area (Å²) < 4.78 is 1.09. The molecule has 3 rings (SSSR count). The number of fused-ring (bicyclic) bond motifs is 1. The molecule has 1 aliphatic rings. The average molecular weight is 290 g/mol. The van der Waals surface area contributed by atoms with Crippen LogP contribution in [0.5, 0.6) is 0 Å². The van der Waals surface area contributed by atoms with Crippen molar-refractivity contribution in [2.45, 2.75) is 38.6 Å². The molecule has 0 radical (unpaired) electrons. The van der Waals surface area contributed by atoms with E-state index in [1.165, 1.54) is 5.56 Å². The molecule has 0 aliphatic heterocycles. The van der Waals surface area contributed by atoms with Gasteiger partial charge < -0.3 is 10.6 Å². The first-order valence-corrected chi connectivity index (χ1v) is 7.84. The van der Waals surface area contributed by atoms with E-state index < -0.39 is 0 Å². The van der Waals surface area contributed by atoms with Crippen LogP contribution in [0.25, 0.3) is 10.2 Å². The summed E-state index contributed by atoms with van der Waals surface area (Å²) in [4.78, 5) is 20.1. The Balaban J connectivity index is 1.50. The fourth-order valence-corrected chi connectivity index (χ4v) is 3.05. The maximum absolute atomic E-state index is 11.6. The van der Waals surface area contributed by atoms with E-state index in [0.29, 0.717) is 12.5 Å². The number of hydrogen-bond acceptors (Lipinski definition) is 5. The highest BCUT2D eigenvalue weighted by Crippen LogP contribution is 2.28. The number of amides is 1. The lowest BCUT2D eigenvalue weighted by Crippen LogP contribution is -2.25. The van der Waals surface area contributed by atoms with E-state index in [-0.39, 0.29) is 5.91 Å². The lowest BCUT2D eigenvalue weighted by atomic mass is 10.3. The van der Waals surface area contributed by atoms with Gasteiger partial charge in [0.15, 0.2) is 0 Å². The van der Waals surface area contributed by atoms with E-state index in [2.05, 4.69) is 32.9 Å². The summed E-state index contributed by atoms with van der Waals surface area (Å²) in [7, 11) is 0. The Bertz CT molecular complexity index is 621.